The molecule has 0 aliphatic carbocycles. The van der Waals surface area contributed by atoms with Crippen molar-refractivity contribution in [3.05, 3.63) is 83.7 Å². The Balaban J connectivity index is 1.41. The van der Waals surface area contributed by atoms with Gasteiger partial charge in [0, 0.05) is 42.8 Å². The van der Waals surface area contributed by atoms with Gasteiger partial charge in [0.05, 0.1) is 31.2 Å². The molecule has 0 aromatic heterocycles. The average molecular weight is 618 g/mol. The molecule has 2 heterocycles. The fraction of sp³-hybridized carbons (Fsp3) is 0.273. The van der Waals surface area contributed by atoms with Crippen molar-refractivity contribution in [1.29, 1.82) is 0 Å². The maximum Gasteiger partial charge on any atom is 0.336 e. The molecule has 3 aromatic carbocycles. The number of likely N-dealkylation sites (tertiary alicyclic amines) is 1. The second-order valence-corrected chi connectivity index (χ2v) is 10.5. The van der Waals surface area contributed by atoms with Crippen LogP contribution in [0.4, 0.5) is 15.8 Å². The van der Waals surface area contributed by atoms with Crippen LogP contribution in [0.25, 0.3) is 0 Å². The molecule has 2 aliphatic heterocycles. The molecule has 1 saturated heterocycles. The number of Topliss-reactive ketones (excluding diaryl/α,β-unsaturated/α-hetero) is 1. The molecule has 0 saturated carbocycles. The highest BCUT2D eigenvalue weighted by Crippen LogP contribution is 2.40. The van der Waals surface area contributed by atoms with Crippen molar-refractivity contribution in [1.82, 2.24) is 4.90 Å². The summed E-state index contributed by atoms with van der Waals surface area (Å²) in [6.07, 6.45) is 3.01. The van der Waals surface area contributed by atoms with Crippen LogP contribution in [-0.2, 0) is 9.59 Å². The first kappa shape index (κ1) is 31.2. The van der Waals surface area contributed by atoms with E-state index in [1.807, 2.05) is 0 Å². The molecular formula is C33H32FN3O8. The second-order valence-electron chi connectivity index (χ2n) is 10.5. The number of nitrogens with two attached hydrogens (primary N) is 1. The summed E-state index contributed by atoms with van der Waals surface area (Å²) in [5.74, 6) is -2.57. The number of fused-ring (bicyclic) bond motifs is 1. The van der Waals surface area contributed by atoms with Gasteiger partial charge in [-0.2, -0.15) is 0 Å². The van der Waals surface area contributed by atoms with Gasteiger partial charge in [0.2, 0.25) is 0 Å². The average Bonchev–Trinajstić information content (AvgIpc) is 3.05. The van der Waals surface area contributed by atoms with Gasteiger partial charge in [0.25, 0.3) is 5.91 Å². The van der Waals surface area contributed by atoms with E-state index in [4.69, 9.17) is 24.7 Å². The number of carbonyl (C=O) groups excluding carboxylic acids is 4. The van der Waals surface area contributed by atoms with Crippen molar-refractivity contribution in [2.75, 3.05) is 51.0 Å². The lowest BCUT2D eigenvalue weighted by Gasteiger charge is -2.33. The van der Waals surface area contributed by atoms with E-state index < -0.39 is 23.7 Å². The highest BCUT2D eigenvalue weighted by Gasteiger charge is 2.31. The number of piperidine rings is 1. The van der Waals surface area contributed by atoms with Gasteiger partial charge in [-0.3, -0.25) is 9.59 Å². The third kappa shape index (κ3) is 6.96. The summed E-state index contributed by atoms with van der Waals surface area (Å²) in [6, 6.07) is 13.4. The summed E-state index contributed by atoms with van der Waals surface area (Å²) in [7, 11) is 2.97. The normalized spacial score (nSPS) is 16.0. The molecule has 0 bridgehead atoms. The van der Waals surface area contributed by atoms with Crippen molar-refractivity contribution in [2.45, 2.75) is 12.8 Å². The number of amides is 1. The minimum absolute atomic E-state index is 0.00145. The molecular weight excluding hydrogens is 585 g/mol. The summed E-state index contributed by atoms with van der Waals surface area (Å²) < 4.78 is 35.1. The Kier molecular flexibility index (Phi) is 9.43. The van der Waals surface area contributed by atoms with Gasteiger partial charge >= 0.3 is 11.9 Å². The highest BCUT2D eigenvalue weighted by molar-refractivity contribution is 6.11. The predicted molar refractivity (Wildman–Crippen MR) is 162 cm³/mol. The van der Waals surface area contributed by atoms with E-state index in [1.54, 1.807) is 18.2 Å². The SMILES string of the molecule is COc1ccc(OC)c(N(CCN2CCC(C(=O)c3ccc(F)cc3)CC2)C(=O)c2ccc(N)c3c2OC(=O)/C=C/C(=O)O3)c1. The number of hydrogen-bond donors (Lipinski definition) is 1. The number of ether oxygens (including phenoxy) is 4. The summed E-state index contributed by atoms with van der Waals surface area (Å²) in [6.45, 7) is 1.81. The van der Waals surface area contributed by atoms with Crippen molar-refractivity contribution in [3.8, 4) is 23.0 Å². The van der Waals surface area contributed by atoms with E-state index in [1.165, 1.54) is 55.5 Å². The molecule has 0 atom stereocenters. The Hall–Kier alpha value is -5.23. The summed E-state index contributed by atoms with van der Waals surface area (Å²) >= 11 is 0. The van der Waals surface area contributed by atoms with Gasteiger partial charge in [-0.05, 0) is 74.5 Å². The molecule has 2 aliphatic rings. The first-order chi connectivity index (χ1) is 21.7. The zero-order valence-electron chi connectivity index (χ0n) is 24.8. The van der Waals surface area contributed by atoms with Crippen LogP contribution in [0.5, 0.6) is 23.0 Å². The molecule has 1 fully saturated rings. The number of nitrogens with zero attached hydrogens (tertiary/aromatic N) is 2. The number of rotatable bonds is 9. The lowest BCUT2D eigenvalue weighted by molar-refractivity contribution is -0.133. The number of halogens is 1. The van der Waals surface area contributed by atoms with Crippen molar-refractivity contribution in [3.63, 3.8) is 0 Å². The van der Waals surface area contributed by atoms with E-state index in [0.717, 1.165) is 12.2 Å². The first-order valence-electron chi connectivity index (χ1n) is 14.3. The lowest BCUT2D eigenvalue weighted by atomic mass is 9.89. The number of hydrogen-bond acceptors (Lipinski definition) is 10. The molecule has 5 rings (SSSR count). The third-order valence-electron chi connectivity index (χ3n) is 7.78. The van der Waals surface area contributed by atoms with E-state index in [9.17, 15) is 23.6 Å². The van der Waals surface area contributed by atoms with Crippen LogP contribution in [0.1, 0.15) is 33.6 Å². The molecule has 0 spiro atoms. The number of methoxy groups -OCH3 is 2. The summed E-state index contributed by atoms with van der Waals surface area (Å²) in [5, 5.41) is 0. The molecule has 12 heteroatoms. The maximum atomic E-state index is 14.3. The zero-order valence-corrected chi connectivity index (χ0v) is 24.8. The van der Waals surface area contributed by atoms with Crippen LogP contribution in [0, 0.1) is 11.7 Å². The minimum atomic E-state index is -0.879. The molecule has 2 N–H and O–H groups in total. The Labute approximate surface area is 258 Å². The number of carbonyl (C=O) groups is 4. The van der Waals surface area contributed by atoms with E-state index in [0.29, 0.717) is 55.2 Å². The topological polar surface area (TPSA) is 138 Å². The standard InChI is InChI=1S/C33H32FN3O8/c1-42-23-7-10-27(43-2)26(19-23)37(18-17-36-15-13-21(14-16-36)30(40)20-3-5-22(34)6-4-20)33(41)24-8-9-25(35)32-31(24)44-28(38)11-12-29(39)45-32/h3-12,19,21H,13-18,35H2,1-2H3/b12-11+. The Morgan fingerprint density at radius 1 is 0.933 bits per heavy atom. The fourth-order valence-corrected chi connectivity index (χ4v) is 5.35. The van der Waals surface area contributed by atoms with E-state index in [-0.39, 0.29) is 41.0 Å². The number of anilines is 2. The smallest absolute Gasteiger partial charge is 0.336 e. The van der Waals surface area contributed by atoms with E-state index >= 15 is 0 Å². The van der Waals surface area contributed by atoms with Gasteiger partial charge in [-0.1, -0.05) is 0 Å². The van der Waals surface area contributed by atoms with Crippen LogP contribution in [0.3, 0.4) is 0 Å². The van der Waals surface area contributed by atoms with Crippen molar-refractivity contribution in [2.24, 2.45) is 5.92 Å². The molecule has 11 nitrogen and oxygen atoms in total. The van der Waals surface area contributed by atoms with E-state index in [2.05, 4.69) is 4.90 Å². The second kappa shape index (κ2) is 13.6. The highest BCUT2D eigenvalue weighted by atomic mass is 19.1. The summed E-state index contributed by atoms with van der Waals surface area (Å²) in [4.78, 5) is 55.5. The number of benzene rings is 3. The Morgan fingerprint density at radius 3 is 2.24 bits per heavy atom. The van der Waals surface area contributed by atoms with Crippen LogP contribution in [0.15, 0.2) is 66.7 Å². The third-order valence-corrected chi connectivity index (χ3v) is 7.78. The van der Waals surface area contributed by atoms with Gasteiger partial charge in [0.15, 0.2) is 17.3 Å². The van der Waals surface area contributed by atoms with Gasteiger partial charge in [-0.25, -0.2) is 14.0 Å². The van der Waals surface area contributed by atoms with Crippen LogP contribution in [-0.4, -0.2) is 68.9 Å². The zero-order chi connectivity index (χ0) is 32.1. The number of esters is 2. The molecule has 45 heavy (non-hydrogen) atoms. The fourth-order valence-electron chi connectivity index (χ4n) is 5.35. The quantitative estimate of drug-likeness (QED) is 0.162. The van der Waals surface area contributed by atoms with Crippen LogP contribution in [0.2, 0.25) is 0 Å². The van der Waals surface area contributed by atoms with Gasteiger partial charge in [-0.15, -0.1) is 0 Å². The predicted octanol–water partition coefficient (Wildman–Crippen LogP) is 4.05. The first-order valence-corrected chi connectivity index (χ1v) is 14.3. The maximum absolute atomic E-state index is 14.3. The molecule has 1 amide bonds. The van der Waals surface area contributed by atoms with Gasteiger partial charge < -0.3 is 34.5 Å². The lowest BCUT2D eigenvalue weighted by Crippen LogP contribution is -2.43. The van der Waals surface area contributed by atoms with Crippen LogP contribution >= 0.6 is 0 Å². The Morgan fingerprint density at radius 2 is 1.60 bits per heavy atom. The van der Waals surface area contributed by atoms with Crippen molar-refractivity contribution < 1.29 is 42.5 Å². The van der Waals surface area contributed by atoms with Crippen LogP contribution < -0.4 is 29.6 Å². The largest absolute Gasteiger partial charge is 0.497 e. The van der Waals surface area contributed by atoms with Gasteiger partial charge in [0.1, 0.15) is 17.3 Å². The molecule has 3 aromatic rings. The number of ketones is 1. The number of nitrogen functional groups attached to an aromatic ring is 1. The molecule has 0 radical (unpaired) electrons. The minimum Gasteiger partial charge on any atom is -0.497 e. The van der Waals surface area contributed by atoms with Crippen molar-refractivity contribution >= 4 is 35.0 Å². The molecule has 0 unspecified atom stereocenters. The Bertz CT molecular complexity index is 1650. The summed E-state index contributed by atoms with van der Waals surface area (Å²) in [5.41, 5.74) is 6.85. The monoisotopic (exact) mass is 617 g/mol. The molecule has 234 valence electrons.